The van der Waals surface area contributed by atoms with Gasteiger partial charge in [-0.1, -0.05) is 98.2 Å². The normalized spacial score (nSPS) is 20.9. The van der Waals surface area contributed by atoms with E-state index in [-0.39, 0.29) is 41.6 Å². The van der Waals surface area contributed by atoms with E-state index in [1.165, 1.54) is 4.09 Å². The summed E-state index contributed by atoms with van der Waals surface area (Å²) in [6.07, 6.45) is 0.202. The molecule has 0 aliphatic carbocycles. The first-order chi connectivity index (χ1) is 27.7. The van der Waals surface area contributed by atoms with Gasteiger partial charge in [0, 0.05) is 52.0 Å². The van der Waals surface area contributed by atoms with Gasteiger partial charge in [0.1, 0.15) is 30.2 Å². The summed E-state index contributed by atoms with van der Waals surface area (Å²) in [6, 6.07) is 25.1. The van der Waals surface area contributed by atoms with Gasteiger partial charge in [-0.15, -0.1) is 0 Å². The number of hydrogen-bond acceptors (Lipinski definition) is 9. The van der Waals surface area contributed by atoms with Crippen LogP contribution in [0.25, 0.3) is 44.9 Å². The van der Waals surface area contributed by atoms with Crippen LogP contribution in [0.1, 0.15) is 53.8 Å². The third-order valence-electron chi connectivity index (χ3n) is 11.3. The van der Waals surface area contributed by atoms with Crippen molar-refractivity contribution in [3.8, 4) is 45.5 Å². The third-order valence-corrected chi connectivity index (χ3v) is 11.9. The van der Waals surface area contributed by atoms with Gasteiger partial charge in [0.15, 0.2) is 27.8 Å². The first-order valence-corrected chi connectivity index (χ1v) is 19.3. The predicted molar refractivity (Wildman–Crippen MR) is 209 cm³/mol. The quantitative estimate of drug-likeness (QED) is 0.179. The van der Waals surface area contributed by atoms with Crippen molar-refractivity contribution in [1.29, 1.82) is 0 Å². The SMILES string of the molecule is CC(C)[C@@H]1NC(=O)[C@@H](NC(=O)OCc2ccccc2)Cc2ccc3c(c2)[C@]24c5cccc(c5O[C@@H]2O3)-c2cccc3c2c(cn3Cl)-c2oc(nc2Cl)-c2nc1oc24. The summed E-state index contributed by atoms with van der Waals surface area (Å²) < 4.78 is 34.3. The molecule has 2 amide bonds. The van der Waals surface area contributed by atoms with E-state index in [0.29, 0.717) is 28.6 Å². The second-order valence-electron chi connectivity index (χ2n) is 15.0. The van der Waals surface area contributed by atoms with Gasteiger partial charge in [0.05, 0.1) is 5.52 Å². The Morgan fingerprint density at radius 2 is 1.81 bits per heavy atom. The predicted octanol–water partition coefficient (Wildman–Crippen LogP) is 8.70. The van der Waals surface area contributed by atoms with Crippen molar-refractivity contribution in [3.63, 3.8) is 0 Å². The number of ether oxygens (including phenoxy) is 3. The van der Waals surface area contributed by atoms with Crippen LogP contribution < -0.4 is 20.1 Å². The molecule has 57 heavy (non-hydrogen) atoms. The monoisotopic (exact) mass is 799 g/mol. The van der Waals surface area contributed by atoms with Crippen LogP contribution in [0, 0.1) is 5.92 Å². The van der Waals surface area contributed by atoms with Crippen LogP contribution >= 0.6 is 23.4 Å². The highest BCUT2D eigenvalue weighted by Gasteiger charge is 2.63. The van der Waals surface area contributed by atoms with Gasteiger partial charge in [0.2, 0.25) is 11.8 Å². The number of carbonyl (C=O) groups is 2. The van der Waals surface area contributed by atoms with Crippen molar-refractivity contribution >= 4 is 46.3 Å². The molecule has 14 heteroatoms. The van der Waals surface area contributed by atoms with E-state index in [1.807, 2.05) is 98.8 Å². The molecule has 0 radical (unpaired) electrons. The molecule has 1 spiro atoms. The van der Waals surface area contributed by atoms with Crippen molar-refractivity contribution in [2.45, 2.75) is 50.7 Å². The van der Waals surface area contributed by atoms with Gasteiger partial charge in [-0.05, 0) is 34.7 Å². The van der Waals surface area contributed by atoms with Crippen molar-refractivity contribution in [3.05, 3.63) is 130 Å². The standard InChI is InChI=1S/C43H31Cl2N5O7/c1-20(2)32-39-48-33-36(57-39)43-26-12-6-11-24(23-10-7-13-29-31(23)25(18-50(29)45)35-37(44)49-40(33)55-35)34(26)56-41(43)54-30-15-14-22(16-27(30)43)17-28(38(51)47-32)46-42(52)53-19-21-8-4-3-5-9-21/h3-16,18,20,28,32,41H,17,19H2,1-2H3,(H,46,52)(H,47,51)/t28-,32-,41-,43-/m0/s1. The highest BCUT2D eigenvalue weighted by molar-refractivity contribution is 6.32. The van der Waals surface area contributed by atoms with E-state index in [1.54, 1.807) is 6.20 Å². The van der Waals surface area contributed by atoms with Crippen LogP contribution in [0.4, 0.5) is 4.79 Å². The number of hydrogen-bond donors (Lipinski definition) is 2. The first-order valence-electron chi connectivity index (χ1n) is 18.6. The summed E-state index contributed by atoms with van der Waals surface area (Å²) in [4.78, 5) is 37.4. The number of carbonyl (C=O) groups excluding carboxylic acids is 2. The van der Waals surface area contributed by atoms with Crippen molar-refractivity contribution < 1.29 is 32.6 Å². The largest absolute Gasteiger partial charge is 0.453 e. The molecular formula is C43H31Cl2N5O7. The lowest BCUT2D eigenvalue weighted by Crippen LogP contribution is -2.49. The van der Waals surface area contributed by atoms with Gasteiger partial charge >= 0.3 is 6.09 Å². The minimum atomic E-state index is -1.24. The first kappa shape index (κ1) is 34.0. The smallest absolute Gasteiger partial charge is 0.408 e. The Morgan fingerprint density at radius 3 is 2.65 bits per heavy atom. The summed E-state index contributed by atoms with van der Waals surface area (Å²) >= 11 is 13.8. The minimum absolute atomic E-state index is 0.0404. The van der Waals surface area contributed by atoms with E-state index in [4.69, 9.17) is 56.4 Å². The second kappa shape index (κ2) is 12.4. The molecule has 3 aromatic heterocycles. The lowest BCUT2D eigenvalue weighted by Gasteiger charge is -2.27. The van der Waals surface area contributed by atoms with E-state index in [2.05, 4.69) is 10.6 Å². The zero-order chi connectivity index (χ0) is 38.7. The summed E-state index contributed by atoms with van der Waals surface area (Å²) in [7, 11) is 0. The zero-order valence-corrected chi connectivity index (χ0v) is 31.9. The van der Waals surface area contributed by atoms with Crippen LogP contribution in [0.5, 0.6) is 11.5 Å². The number of alkyl carbamates (subject to hydrolysis) is 1. The molecule has 4 aliphatic rings. The van der Waals surface area contributed by atoms with Gasteiger partial charge in [-0.25, -0.2) is 9.78 Å². The van der Waals surface area contributed by atoms with Crippen LogP contribution in [0.15, 0.2) is 100.0 Å². The molecule has 284 valence electrons. The number of aromatic nitrogens is 3. The fourth-order valence-corrected chi connectivity index (χ4v) is 9.15. The maximum atomic E-state index is 14.3. The molecule has 4 atom stereocenters. The Hall–Kier alpha value is -6.24. The molecule has 7 heterocycles. The molecule has 10 bridgehead atoms. The average Bonchev–Trinajstić information content (AvgIpc) is 4.02. The number of para-hydroxylation sites is 1. The Kier molecular flexibility index (Phi) is 7.39. The molecule has 4 aliphatic heterocycles. The molecule has 12 nitrogen and oxygen atoms in total. The number of oxazole rings is 2. The molecular weight excluding hydrogens is 769 g/mol. The fraction of sp³-hybridized carbons (Fsp3) is 0.209. The summed E-state index contributed by atoms with van der Waals surface area (Å²) in [5, 5.41) is 6.84. The summed E-state index contributed by atoms with van der Waals surface area (Å²) in [5.41, 5.74) is 5.06. The lowest BCUT2D eigenvalue weighted by molar-refractivity contribution is -0.124. The van der Waals surface area contributed by atoms with E-state index in [0.717, 1.165) is 44.3 Å². The van der Waals surface area contributed by atoms with Crippen LogP contribution in [-0.4, -0.2) is 38.4 Å². The topological polar surface area (TPSA) is 143 Å². The number of rotatable bonds is 4. The second-order valence-corrected chi connectivity index (χ2v) is 15.7. The van der Waals surface area contributed by atoms with Crippen molar-refractivity contribution in [2.75, 3.05) is 0 Å². The summed E-state index contributed by atoms with van der Waals surface area (Å²) in [6.45, 7) is 3.93. The molecule has 7 aromatic rings. The third kappa shape index (κ3) is 4.93. The molecule has 0 fully saturated rings. The molecule has 0 saturated carbocycles. The number of nitrogens with zero attached hydrogens (tertiary/aromatic N) is 3. The van der Waals surface area contributed by atoms with Crippen molar-refractivity contribution in [2.24, 2.45) is 5.92 Å². The molecule has 11 rings (SSSR count). The molecule has 4 aromatic carbocycles. The number of halogens is 2. The number of amides is 2. The van der Waals surface area contributed by atoms with E-state index < -0.39 is 35.8 Å². The van der Waals surface area contributed by atoms with Crippen LogP contribution in [0.3, 0.4) is 0 Å². The Bertz CT molecular complexity index is 2830. The van der Waals surface area contributed by atoms with Gasteiger partial charge in [-0.2, -0.15) is 4.98 Å². The van der Waals surface area contributed by atoms with Crippen LogP contribution in [0.2, 0.25) is 5.15 Å². The van der Waals surface area contributed by atoms with Crippen LogP contribution in [-0.2, 0) is 28.0 Å². The van der Waals surface area contributed by atoms with Crippen molar-refractivity contribution in [1.82, 2.24) is 24.7 Å². The Morgan fingerprint density at radius 1 is 0.982 bits per heavy atom. The van der Waals surface area contributed by atoms with E-state index >= 15 is 0 Å². The van der Waals surface area contributed by atoms with Gasteiger partial charge < -0.3 is 33.7 Å². The minimum Gasteiger partial charge on any atom is -0.453 e. The number of benzene rings is 4. The molecule has 0 saturated heterocycles. The molecule has 0 unspecified atom stereocenters. The van der Waals surface area contributed by atoms with Gasteiger partial charge in [-0.3, -0.25) is 8.88 Å². The molecule has 2 N–H and O–H groups in total. The Labute approximate surface area is 334 Å². The summed E-state index contributed by atoms with van der Waals surface area (Å²) in [5.74, 6) is 1.43. The van der Waals surface area contributed by atoms with E-state index in [9.17, 15) is 9.59 Å². The zero-order valence-electron chi connectivity index (χ0n) is 30.3. The maximum Gasteiger partial charge on any atom is 0.408 e. The lowest BCUT2D eigenvalue weighted by atomic mass is 9.72. The van der Waals surface area contributed by atoms with Gasteiger partial charge in [0.25, 0.3) is 12.2 Å². The average molecular weight is 801 g/mol. The maximum absolute atomic E-state index is 14.3. The number of nitrogens with one attached hydrogen (secondary N) is 2. The Balaban J connectivity index is 1.15. The fourth-order valence-electron chi connectivity index (χ4n) is 8.69. The number of fused-ring (bicyclic) bond motifs is 7. The highest BCUT2D eigenvalue weighted by atomic mass is 35.5. The highest BCUT2D eigenvalue weighted by Crippen LogP contribution is 2.62.